The van der Waals surface area contributed by atoms with Crippen LogP contribution in [0.5, 0.6) is 0 Å². The van der Waals surface area contributed by atoms with Crippen LogP contribution in [0.3, 0.4) is 0 Å². The highest BCUT2D eigenvalue weighted by atomic mass is 28.4. The minimum atomic E-state index is -2.53. The van der Waals surface area contributed by atoms with Gasteiger partial charge in [0.05, 0.1) is 0 Å². The first-order valence-corrected chi connectivity index (χ1v) is 11.4. The molecule has 0 saturated heterocycles. The Hall–Kier alpha value is -1.10. The number of carbonyl (C=O) groups excluding carboxylic acids is 1. The zero-order chi connectivity index (χ0) is 20.2. The maximum Gasteiger partial charge on any atom is 0.331 e. The molecule has 0 aromatic carbocycles. The Kier molecular flexibility index (Phi) is 8.62. The number of hydrogen-bond acceptors (Lipinski definition) is 3. The van der Waals surface area contributed by atoms with E-state index in [1.54, 1.807) is 6.92 Å². The summed E-state index contributed by atoms with van der Waals surface area (Å²) in [6, 6.07) is 0. The molecule has 0 aliphatic carbocycles. The first kappa shape index (κ1) is 23.9. The van der Waals surface area contributed by atoms with Crippen LogP contribution in [-0.4, -0.2) is 25.4 Å². The average molecular weight is 371 g/mol. The molecule has 0 aliphatic heterocycles. The molecule has 5 heteroatoms. The van der Waals surface area contributed by atoms with Crippen LogP contribution in [-0.2, 0) is 14.0 Å². The lowest BCUT2D eigenvalue weighted by atomic mass is 10.00. The van der Waals surface area contributed by atoms with E-state index in [9.17, 15) is 9.59 Å². The van der Waals surface area contributed by atoms with E-state index in [0.717, 1.165) is 12.8 Å². The highest BCUT2D eigenvalue weighted by Crippen LogP contribution is 2.54. The molecule has 0 fully saturated rings. The molecule has 0 aromatic rings. The number of hydrogen-bond donors (Lipinski definition) is 1. The van der Waals surface area contributed by atoms with Crippen molar-refractivity contribution in [2.45, 2.75) is 98.2 Å². The summed E-state index contributed by atoms with van der Waals surface area (Å²) >= 11 is 0. The molecule has 0 amide bonds. The molecule has 0 aromatic heterocycles. The van der Waals surface area contributed by atoms with Crippen molar-refractivity contribution < 1.29 is 19.1 Å². The van der Waals surface area contributed by atoms with Gasteiger partial charge in [-0.05, 0) is 42.3 Å². The summed E-state index contributed by atoms with van der Waals surface area (Å²) in [7, 11) is -2.53. The molecule has 4 nitrogen and oxygen atoms in total. The van der Waals surface area contributed by atoms with Crippen LogP contribution in [0.25, 0.3) is 0 Å². The van der Waals surface area contributed by atoms with Gasteiger partial charge >= 0.3 is 11.9 Å². The lowest BCUT2D eigenvalue weighted by Crippen LogP contribution is -2.55. The molecule has 0 radical (unpaired) electrons. The molecular weight excluding hydrogens is 332 g/mol. The molecule has 0 spiro atoms. The van der Waals surface area contributed by atoms with Crippen molar-refractivity contribution in [1.82, 2.24) is 0 Å². The number of carboxylic acid groups (broad SMARTS) is 1. The van der Waals surface area contributed by atoms with E-state index in [1.165, 1.54) is 6.92 Å². The van der Waals surface area contributed by atoms with Crippen LogP contribution < -0.4 is 0 Å². The van der Waals surface area contributed by atoms with Crippen molar-refractivity contribution in [1.29, 1.82) is 0 Å². The van der Waals surface area contributed by atoms with Gasteiger partial charge in [-0.25, -0.2) is 9.59 Å². The van der Waals surface area contributed by atoms with Gasteiger partial charge in [-0.1, -0.05) is 61.8 Å². The van der Waals surface area contributed by atoms with Crippen molar-refractivity contribution in [2.24, 2.45) is 5.92 Å². The molecular formula is C20H38O4Si. The summed E-state index contributed by atoms with van der Waals surface area (Å²) < 4.78 is 6.27. The van der Waals surface area contributed by atoms with E-state index in [4.69, 9.17) is 9.53 Å². The lowest BCUT2D eigenvalue weighted by Gasteiger charge is -2.49. The van der Waals surface area contributed by atoms with E-state index >= 15 is 0 Å². The summed E-state index contributed by atoms with van der Waals surface area (Å²) in [6.07, 6.45) is 2.09. The van der Waals surface area contributed by atoms with Crippen LogP contribution >= 0.6 is 0 Å². The van der Waals surface area contributed by atoms with E-state index in [0.29, 0.717) is 5.92 Å². The van der Waals surface area contributed by atoms with Crippen molar-refractivity contribution in [3.63, 3.8) is 0 Å². The minimum Gasteiger partial charge on any atom is -0.515 e. The molecule has 146 valence electrons. The van der Waals surface area contributed by atoms with Gasteiger partial charge in [0.1, 0.15) is 0 Å². The van der Waals surface area contributed by atoms with Gasteiger partial charge in [-0.2, -0.15) is 0 Å². The molecule has 1 N–H and O–H groups in total. The first-order valence-electron chi connectivity index (χ1n) is 9.34. The summed E-state index contributed by atoms with van der Waals surface area (Å²) in [5.41, 5.74) is 0.749. The maximum atomic E-state index is 12.8. The SMILES string of the molecule is C/C(C(=O)O)=C(\C)C(=O)O[Si](C(C)C)(C(C)C)C(C)(C)CCC(C)C. The van der Waals surface area contributed by atoms with Crippen molar-refractivity contribution in [3.8, 4) is 0 Å². The molecule has 0 saturated carbocycles. The zero-order valence-corrected chi connectivity index (χ0v) is 18.8. The number of carboxylic acids is 1. The predicted octanol–water partition coefficient (Wildman–Crippen LogP) is 5.93. The third-order valence-electron chi connectivity index (χ3n) is 5.57. The molecule has 25 heavy (non-hydrogen) atoms. The van der Waals surface area contributed by atoms with Crippen molar-refractivity contribution >= 4 is 20.3 Å². The first-order chi connectivity index (χ1) is 11.2. The Morgan fingerprint density at radius 3 is 1.72 bits per heavy atom. The number of aliphatic carboxylic acids is 1. The minimum absolute atomic E-state index is 0.0559. The Labute approximate surface area is 155 Å². The Morgan fingerprint density at radius 2 is 1.40 bits per heavy atom. The Bertz CT molecular complexity index is 508. The fourth-order valence-corrected chi connectivity index (χ4v) is 10.2. The fraction of sp³-hybridized carbons (Fsp3) is 0.800. The predicted molar refractivity (Wildman–Crippen MR) is 106 cm³/mol. The highest BCUT2D eigenvalue weighted by molar-refractivity contribution is 6.80. The van der Waals surface area contributed by atoms with Crippen LogP contribution in [0.2, 0.25) is 16.1 Å². The van der Waals surface area contributed by atoms with E-state index in [2.05, 4.69) is 55.4 Å². The molecule has 0 unspecified atom stereocenters. The van der Waals surface area contributed by atoms with Crippen molar-refractivity contribution in [2.75, 3.05) is 0 Å². The maximum absolute atomic E-state index is 12.8. The number of carbonyl (C=O) groups is 2. The zero-order valence-electron chi connectivity index (χ0n) is 17.8. The summed E-state index contributed by atoms with van der Waals surface area (Å²) in [6.45, 7) is 20.4. The quantitative estimate of drug-likeness (QED) is 0.403. The van der Waals surface area contributed by atoms with Gasteiger partial charge < -0.3 is 9.53 Å². The molecule has 0 aliphatic rings. The second-order valence-electron chi connectivity index (χ2n) is 8.86. The van der Waals surface area contributed by atoms with Gasteiger partial charge in [0.25, 0.3) is 8.32 Å². The van der Waals surface area contributed by atoms with Gasteiger partial charge in [0, 0.05) is 11.1 Å². The monoisotopic (exact) mass is 370 g/mol. The lowest BCUT2D eigenvalue weighted by molar-refractivity contribution is -0.135. The molecule has 0 heterocycles. The largest absolute Gasteiger partial charge is 0.515 e. The molecule has 0 bridgehead atoms. The fourth-order valence-electron chi connectivity index (χ4n) is 3.99. The topological polar surface area (TPSA) is 63.6 Å². The van der Waals surface area contributed by atoms with Crippen LogP contribution in [0, 0.1) is 5.92 Å². The average Bonchev–Trinajstić information content (AvgIpc) is 2.47. The second-order valence-corrected chi connectivity index (χ2v) is 14.3. The second kappa shape index (κ2) is 9.02. The smallest absolute Gasteiger partial charge is 0.331 e. The van der Waals surface area contributed by atoms with E-state index < -0.39 is 20.3 Å². The van der Waals surface area contributed by atoms with E-state index in [-0.39, 0.29) is 27.3 Å². The van der Waals surface area contributed by atoms with Crippen LogP contribution in [0.1, 0.15) is 82.1 Å². The number of rotatable bonds is 9. The van der Waals surface area contributed by atoms with E-state index in [1.807, 2.05) is 0 Å². The van der Waals surface area contributed by atoms with Crippen molar-refractivity contribution in [3.05, 3.63) is 11.1 Å². The Balaban J connectivity index is 5.99. The van der Waals surface area contributed by atoms with Gasteiger partial charge in [0.15, 0.2) is 0 Å². The van der Waals surface area contributed by atoms with Gasteiger partial charge in [-0.3, -0.25) is 0 Å². The van der Waals surface area contributed by atoms with Crippen LogP contribution in [0.15, 0.2) is 11.1 Å². The molecule has 0 atom stereocenters. The molecule has 0 rings (SSSR count). The standard InChI is InChI=1S/C20H38O4Si/c1-13(2)11-12-20(9,10)25(14(3)4,15(5)6)24-19(23)17(8)16(7)18(21)22/h13-15H,11-12H2,1-10H3,(H,21,22)/b17-16-. The summed E-state index contributed by atoms with van der Waals surface area (Å²) in [5, 5.41) is 9.08. The third-order valence-corrected chi connectivity index (χ3v) is 11.9. The summed E-state index contributed by atoms with van der Waals surface area (Å²) in [4.78, 5) is 24.0. The Morgan fingerprint density at radius 1 is 0.960 bits per heavy atom. The van der Waals surface area contributed by atoms with Gasteiger partial charge in [-0.15, -0.1) is 0 Å². The van der Waals surface area contributed by atoms with Gasteiger partial charge in [0.2, 0.25) is 0 Å². The summed E-state index contributed by atoms with van der Waals surface area (Å²) in [5.74, 6) is -0.946. The highest BCUT2D eigenvalue weighted by Gasteiger charge is 2.56. The normalized spacial score (nSPS) is 14.1. The third kappa shape index (κ3) is 5.43. The van der Waals surface area contributed by atoms with Crippen LogP contribution in [0.4, 0.5) is 0 Å².